The lowest BCUT2D eigenvalue weighted by Crippen LogP contribution is -2.36. The van der Waals surface area contributed by atoms with Crippen LogP contribution in [0.4, 0.5) is 13.2 Å². The van der Waals surface area contributed by atoms with Gasteiger partial charge < -0.3 is 5.32 Å². The Balaban J connectivity index is 1.68. The summed E-state index contributed by atoms with van der Waals surface area (Å²) < 4.78 is 38.3. The van der Waals surface area contributed by atoms with Crippen molar-refractivity contribution in [1.82, 2.24) is 5.32 Å². The Morgan fingerprint density at radius 3 is 2.58 bits per heavy atom. The molecule has 0 saturated heterocycles. The van der Waals surface area contributed by atoms with E-state index in [1.54, 1.807) is 12.1 Å². The van der Waals surface area contributed by atoms with E-state index in [0.717, 1.165) is 25.0 Å². The third-order valence-electron chi connectivity index (χ3n) is 4.40. The molecule has 1 N–H and O–H groups in total. The van der Waals surface area contributed by atoms with E-state index in [1.807, 2.05) is 0 Å². The number of nitrogens with one attached hydrogen (secondary N) is 1. The Kier molecular flexibility index (Phi) is 4.08. The summed E-state index contributed by atoms with van der Waals surface area (Å²) >= 11 is 0. The van der Waals surface area contributed by atoms with Gasteiger partial charge in [0.05, 0.1) is 11.6 Å². The van der Waals surface area contributed by atoms with Crippen LogP contribution in [0.15, 0.2) is 24.3 Å². The van der Waals surface area contributed by atoms with Gasteiger partial charge in [0.2, 0.25) is 5.91 Å². The Bertz CT molecular complexity index is 719. The summed E-state index contributed by atoms with van der Waals surface area (Å²) in [5.74, 6) is -3.41. The van der Waals surface area contributed by atoms with Crippen molar-refractivity contribution in [3.63, 3.8) is 0 Å². The number of carbonyl (C=O) groups is 2. The van der Waals surface area contributed by atoms with Gasteiger partial charge in [0.25, 0.3) is 0 Å². The van der Waals surface area contributed by atoms with Gasteiger partial charge in [0, 0.05) is 12.0 Å². The number of hydrogen-bond acceptors (Lipinski definition) is 3. The summed E-state index contributed by atoms with van der Waals surface area (Å²) in [6.07, 6.45) is -2.39. The predicted molar refractivity (Wildman–Crippen MR) is 77.6 cm³/mol. The Labute approximate surface area is 136 Å². The average Bonchev–Trinajstić information content (AvgIpc) is 3.41. The molecule has 2 fully saturated rings. The fourth-order valence-corrected chi connectivity index (χ4v) is 2.80. The maximum absolute atomic E-state index is 12.8. The number of rotatable bonds is 5. The minimum absolute atomic E-state index is 0.0413. The highest BCUT2D eigenvalue weighted by Gasteiger charge is 2.48. The van der Waals surface area contributed by atoms with Crippen molar-refractivity contribution in [2.24, 2.45) is 11.8 Å². The van der Waals surface area contributed by atoms with Gasteiger partial charge in [-0.1, -0.05) is 18.2 Å². The molecule has 1 aromatic rings. The highest BCUT2D eigenvalue weighted by Crippen LogP contribution is 2.49. The Hall–Kier alpha value is -2.36. The maximum atomic E-state index is 12.8. The molecule has 24 heavy (non-hydrogen) atoms. The molecule has 0 unspecified atom stereocenters. The monoisotopic (exact) mass is 336 g/mol. The average molecular weight is 336 g/mol. The molecule has 4 nitrogen and oxygen atoms in total. The number of Topliss-reactive ketones (excluding diaryl/α,β-unsaturated/α-hetero) is 1. The van der Waals surface area contributed by atoms with Crippen LogP contribution in [-0.4, -0.2) is 17.7 Å². The normalized spacial score (nSPS) is 23.9. The fourth-order valence-electron chi connectivity index (χ4n) is 2.80. The van der Waals surface area contributed by atoms with E-state index in [2.05, 4.69) is 5.32 Å². The van der Waals surface area contributed by atoms with Gasteiger partial charge in [0.15, 0.2) is 11.7 Å². The molecule has 1 aromatic carbocycles. The van der Waals surface area contributed by atoms with Crippen LogP contribution in [-0.2, 0) is 15.8 Å². The molecule has 0 bridgehead atoms. The minimum atomic E-state index is -4.44. The Morgan fingerprint density at radius 2 is 2.00 bits per heavy atom. The third-order valence-corrected chi connectivity index (χ3v) is 4.40. The molecule has 1 amide bonds. The van der Waals surface area contributed by atoms with Crippen molar-refractivity contribution in [3.05, 3.63) is 35.4 Å². The molecule has 0 heterocycles. The minimum Gasteiger partial charge on any atom is -0.352 e. The van der Waals surface area contributed by atoms with E-state index in [1.165, 1.54) is 6.07 Å². The van der Waals surface area contributed by atoms with E-state index < -0.39 is 35.3 Å². The highest BCUT2D eigenvalue weighted by atomic mass is 19.4. The van der Waals surface area contributed by atoms with Gasteiger partial charge >= 0.3 is 6.18 Å². The van der Waals surface area contributed by atoms with E-state index in [9.17, 15) is 22.8 Å². The lowest BCUT2D eigenvalue weighted by Gasteiger charge is -2.10. The predicted octanol–water partition coefficient (Wildman–Crippen LogP) is 2.80. The molecule has 3 rings (SSSR count). The molecular weight excluding hydrogens is 321 g/mol. The number of amides is 1. The second-order valence-corrected chi connectivity index (χ2v) is 6.32. The fraction of sp³-hybridized carbons (Fsp3) is 0.471. The second-order valence-electron chi connectivity index (χ2n) is 6.32. The second kappa shape index (κ2) is 5.93. The topological polar surface area (TPSA) is 70.0 Å². The van der Waals surface area contributed by atoms with E-state index in [0.29, 0.717) is 12.0 Å². The lowest BCUT2D eigenvalue weighted by molar-refractivity contribution is -0.137. The van der Waals surface area contributed by atoms with Gasteiger partial charge in [-0.05, 0) is 36.8 Å². The molecule has 126 valence electrons. The smallest absolute Gasteiger partial charge is 0.352 e. The van der Waals surface area contributed by atoms with Crippen molar-refractivity contribution in [1.29, 1.82) is 5.26 Å². The number of carbonyl (C=O) groups excluding carboxylic acids is 2. The van der Waals surface area contributed by atoms with E-state index in [4.69, 9.17) is 5.26 Å². The van der Waals surface area contributed by atoms with Gasteiger partial charge in [-0.15, -0.1) is 0 Å². The molecule has 0 aliphatic heterocycles. The van der Waals surface area contributed by atoms with Crippen LogP contribution < -0.4 is 5.32 Å². The van der Waals surface area contributed by atoms with Crippen molar-refractivity contribution in [2.75, 3.05) is 0 Å². The zero-order valence-corrected chi connectivity index (χ0v) is 12.6. The van der Waals surface area contributed by atoms with Crippen LogP contribution in [0.5, 0.6) is 0 Å². The summed E-state index contributed by atoms with van der Waals surface area (Å²) in [5.41, 5.74) is -0.344. The van der Waals surface area contributed by atoms with Crippen LogP contribution in [0.1, 0.15) is 36.3 Å². The van der Waals surface area contributed by atoms with Gasteiger partial charge in [-0.3, -0.25) is 9.59 Å². The zero-order valence-electron chi connectivity index (χ0n) is 12.6. The molecule has 0 radical (unpaired) electrons. The largest absolute Gasteiger partial charge is 0.416 e. The summed E-state index contributed by atoms with van der Waals surface area (Å²) in [6, 6.07) is 6.62. The SMILES string of the molecule is N#C[C@@H](C(=O)NC1CC1)C(=O)[C@H]1C[C@H]1c1cccc(C(F)(F)F)c1. The molecule has 7 heteroatoms. The molecular formula is C17H15F3N2O2. The van der Waals surface area contributed by atoms with Gasteiger partial charge in [0.1, 0.15) is 0 Å². The van der Waals surface area contributed by atoms with Gasteiger partial charge in [-0.2, -0.15) is 18.4 Å². The lowest BCUT2D eigenvalue weighted by atomic mass is 9.97. The van der Waals surface area contributed by atoms with Crippen molar-refractivity contribution < 1.29 is 22.8 Å². The van der Waals surface area contributed by atoms with Gasteiger partial charge in [-0.25, -0.2) is 0 Å². The van der Waals surface area contributed by atoms with Crippen LogP contribution in [0.3, 0.4) is 0 Å². The number of nitriles is 1. The summed E-state index contributed by atoms with van der Waals surface area (Å²) in [5, 5.41) is 11.7. The first-order valence-corrected chi connectivity index (χ1v) is 7.72. The molecule has 2 aliphatic carbocycles. The van der Waals surface area contributed by atoms with E-state index >= 15 is 0 Å². The summed E-state index contributed by atoms with van der Waals surface area (Å²) in [6.45, 7) is 0. The maximum Gasteiger partial charge on any atom is 0.416 e. The van der Waals surface area contributed by atoms with Crippen molar-refractivity contribution in [2.45, 2.75) is 37.4 Å². The molecule has 2 aliphatic rings. The summed E-state index contributed by atoms with van der Waals surface area (Å²) in [7, 11) is 0. The Morgan fingerprint density at radius 1 is 1.29 bits per heavy atom. The standard InChI is InChI=1S/C17H15F3N2O2/c18-17(19,20)10-3-1-2-9(6-10)12-7-13(12)15(23)14(8-21)16(24)22-11-4-5-11/h1-3,6,11-14H,4-5,7H2,(H,22,24)/t12-,13-,14+/m0/s1. The van der Waals surface area contributed by atoms with Crippen LogP contribution >= 0.6 is 0 Å². The molecule has 0 spiro atoms. The van der Waals surface area contributed by atoms with Crippen LogP contribution in [0.2, 0.25) is 0 Å². The summed E-state index contributed by atoms with van der Waals surface area (Å²) in [4.78, 5) is 24.3. The first kappa shape index (κ1) is 16.5. The molecule has 0 aromatic heterocycles. The molecule has 2 saturated carbocycles. The number of ketones is 1. The highest BCUT2D eigenvalue weighted by molar-refractivity contribution is 6.06. The number of hydrogen-bond donors (Lipinski definition) is 1. The number of benzene rings is 1. The number of alkyl halides is 3. The first-order valence-electron chi connectivity index (χ1n) is 7.72. The van der Waals surface area contributed by atoms with Crippen LogP contribution in [0, 0.1) is 23.2 Å². The van der Waals surface area contributed by atoms with Crippen LogP contribution in [0.25, 0.3) is 0 Å². The molecule has 3 atom stereocenters. The van der Waals surface area contributed by atoms with Crippen molar-refractivity contribution in [3.8, 4) is 6.07 Å². The third kappa shape index (κ3) is 3.42. The first-order chi connectivity index (χ1) is 11.3. The number of nitrogens with zero attached hydrogens (tertiary/aromatic N) is 1. The number of halogens is 3. The quantitative estimate of drug-likeness (QED) is 0.841. The van der Waals surface area contributed by atoms with E-state index in [-0.39, 0.29) is 12.0 Å². The zero-order chi connectivity index (χ0) is 17.5. The van der Waals surface area contributed by atoms with Crippen molar-refractivity contribution >= 4 is 11.7 Å².